The van der Waals surface area contributed by atoms with Crippen molar-refractivity contribution >= 4 is 130 Å². The van der Waals surface area contributed by atoms with Crippen LogP contribution in [0, 0.1) is 0 Å². The van der Waals surface area contributed by atoms with E-state index in [1.807, 2.05) is 0 Å². The Kier molecular flexibility index (Phi) is 13.1. The second kappa shape index (κ2) is 24.1. The van der Waals surface area contributed by atoms with E-state index in [0.717, 1.165) is 78.2 Å². The molecule has 2 aliphatic carbocycles. The van der Waals surface area contributed by atoms with Gasteiger partial charge in [0.1, 0.15) is 0 Å². The van der Waals surface area contributed by atoms with Crippen molar-refractivity contribution in [3.8, 4) is 123 Å². The molecule has 0 unspecified atom stereocenters. The zero-order valence-electron chi connectivity index (χ0n) is 62.9. The monoisotopic (exact) mass is 1470 g/mol. The summed E-state index contributed by atoms with van der Waals surface area (Å²) in [5, 5.41) is 19.6. The molecule has 26 rings (SSSR count). The number of benzene rings is 20. The van der Waals surface area contributed by atoms with E-state index in [2.05, 4.69) is 419 Å². The topological polar surface area (TPSA) is 19.7 Å². The van der Waals surface area contributed by atoms with Crippen molar-refractivity contribution in [2.24, 2.45) is 0 Å². The van der Waals surface area contributed by atoms with Gasteiger partial charge in [0.05, 0.1) is 55.5 Å². The molecular formula is C112H66N4. The number of para-hydroxylation sites is 6. The SMILES string of the molecule is c1ccc(-n2c3ccccc3c3ccc(-c4ccc5c6ccc7ccccc7c6n(-c6ccccc6-c6ccc7c8c(cc(-c9cc(-c%10ccc%11c%12ccc%13ccccc%13c%12n(-c%12ccccc%12)c%11c%10)cc%10c9c9ccccc9n%10-c9ccccc9-c9ccc%10c%11c(cccc9%11)-c9ccccc9-%10)cc68)-c6ccccc6-7)c5c4)cc32)cc1. The highest BCUT2D eigenvalue weighted by Crippen LogP contribution is 2.56. The van der Waals surface area contributed by atoms with E-state index in [0.29, 0.717) is 0 Å². The van der Waals surface area contributed by atoms with Crippen molar-refractivity contribution in [3.05, 3.63) is 400 Å². The lowest BCUT2D eigenvalue weighted by molar-refractivity contribution is 1.18. The third-order valence-corrected chi connectivity index (χ3v) is 25.8. The van der Waals surface area contributed by atoms with Gasteiger partial charge in [-0.15, -0.1) is 0 Å². The number of aromatic nitrogens is 4. The zero-order valence-corrected chi connectivity index (χ0v) is 62.9. The van der Waals surface area contributed by atoms with Crippen LogP contribution in [-0.2, 0) is 0 Å². The van der Waals surface area contributed by atoms with Crippen LogP contribution in [0.15, 0.2) is 400 Å². The molecule has 0 spiro atoms. The summed E-state index contributed by atoms with van der Waals surface area (Å²) in [5.74, 6) is 0. The third-order valence-electron chi connectivity index (χ3n) is 25.8. The molecule has 0 saturated heterocycles. The van der Waals surface area contributed by atoms with E-state index in [1.165, 1.54) is 175 Å². The van der Waals surface area contributed by atoms with Crippen LogP contribution in [0.1, 0.15) is 0 Å². The van der Waals surface area contributed by atoms with E-state index in [-0.39, 0.29) is 0 Å². The summed E-state index contributed by atoms with van der Waals surface area (Å²) < 4.78 is 10.1. The molecule has 4 heterocycles. The van der Waals surface area contributed by atoms with Crippen molar-refractivity contribution in [2.45, 2.75) is 0 Å². The van der Waals surface area contributed by atoms with Crippen molar-refractivity contribution in [1.29, 1.82) is 0 Å². The molecule has 0 N–H and O–H groups in total. The third kappa shape index (κ3) is 8.87. The second-order valence-electron chi connectivity index (χ2n) is 31.6. The van der Waals surface area contributed by atoms with E-state index >= 15 is 0 Å². The van der Waals surface area contributed by atoms with Crippen LogP contribution >= 0.6 is 0 Å². The summed E-state index contributed by atoms with van der Waals surface area (Å²) >= 11 is 0. The molecular weight excluding hydrogens is 1400 g/mol. The molecule has 0 bridgehead atoms. The van der Waals surface area contributed by atoms with Gasteiger partial charge in [-0.25, -0.2) is 0 Å². The van der Waals surface area contributed by atoms with Crippen LogP contribution in [0.3, 0.4) is 0 Å². The average Bonchev–Trinajstić information content (AvgIpc) is 1.51. The fraction of sp³-hybridized carbons (Fsp3) is 0. The van der Waals surface area contributed by atoms with Gasteiger partial charge in [-0.2, -0.15) is 0 Å². The lowest BCUT2D eigenvalue weighted by atomic mass is 9.88. The molecule has 4 nitrogen and oxygen atoms in total. The zero-order chi connectivity index (χ0) is 75.5. The van der Waals surface area contributed by atoms with Crippen molar-refractivity contribution in [2.75, 3.05) is 0 Å². The highest BCUT2D eigenvalue weighted by Gasteiger charge is 2.31. The van der Waals surface area contributed by atoms with Crippen molar-refractivity contribution < 1.29 is 0 Å². The summed E-state index contributed by atoms with van der Waals surface area (Å²) in [4.78, 5) is 0. The van der Waals surface area contributed by atoms with Gasteiger partial charge < -0.3 is 18.3 Å². The molecule has 116 heavy (non-hydrogen) atoms. The molecule has 24 aromatic rings. The maximum absolute atomic E-state index is 2.60. The van der Waals surface area contributed by atoms with E-state index in [4.69, 9.17) is 0 Å². The van der Waals surface area contributed by atoms with Crippen LogP contribution in [0.5, 0.6) is 0 Å². The molecule has 0 radical (unpaired) electrons. The van der Waals surface area contributed by atoms with E-state index in [1.54, 1.807) is 0 Å². The van der Waals surface area contributed by atoms with Crippen molar-refractivity contribution in [3.63, 3.8) is 0 Å². The quantitative estimate of drug-likeness (QED) is 0.137. The van der Waals surface area contributed by atoms with Gasteiger partial charge in [-0.3, -0.25) is 0 Å². The van der Waals surface area contributed by atoms with Crippen LogP contribution in [0.25, 0.3) is 253 Å². The number of nitrogens with zero attached hydrogens (tertiary/aromatic N) is 4. The first-order valence-electron chi connectivity index (χ1n) is 40.3. The number of fused-ring (bicyclic) bond motifs is 22. The van der Waals surface area contributed by atoms with Gasteiger partial charge >= 0.3 is 0 Å². The smallest absolute Gasteiger partial charge is 0.0619 e. The highest BCUT2D eigenvalue weighted by molar-refractivity contribution is 6.27. The Hall–Kier alpha value is -15.4. The molecule has 20 aromatic carbocycles. The number of hydrogen-bond acceptors (Lipinski definition) is 0. The van der Waals surface area contributed by atoms with Gasteiger partial charge in [0.2, 0.25) is 0 Å². The first-order valence-corrected chi connectivity index (χ1v) is 40.3. The molecule has 0 aliphatic heterocycles. The summed E-state index contributed by atoms with van der Waals surface area (Å²) in [7, 11) is 0. The lowest BCUT2D eigenvalue weighted by Gasteiger charge is -2.19. The Labute approximate surface area is 667 Å². The minimum Gasteiger partial charge on any atom is -0.309 e. The summed E-state index contributed by atoms with van der Waals surface area (Å²) in [6.45, 7) is 0. The highest BCUT2D eigenvalue weighted by atomic mass is 15.0. The summed E-state index contributed by atoms with van der Waals surface area (Å²) in [6, 6.07) is 151. The maximum atomic E-state index is 2.60. The molecule has 0 atom stereocenters. The molecule has 534 valence electrons. The van der Waals surface area contributed by atoms with Crippen molar-refractivity contribution in [1.82, 2.24) is 18.3 Å². The Morgan fingerprint density at radius 3 is 1.13 bits per heavy atom. The Bertz CT molecular complexity index is 8420. The predicted molar refractivity (Wildman–Crippen MR) is 490 cm³/mol. The standard InChI is InChI=1S/C112H66N4/c1-3-26-74(27-4-1)113-100-42-19-17-38-86(100)87-51-48-69(63-104(87)113)70-49-52-89-95-55-47-68-25-8-10-31-77(68)112(95)116(106(89)64-70)102-44-21-16-37-85(102)83-57-59-93-80-34-13-14-35-81(80)98-61-73(62-99(83)109(93)98)97-60-72(71-50-53-88-94-54-46-67-24-7-9-30-76(67)111(94)114(105(88)65-71)75-28-5-2-6-29-75)66-107-110(97)96-39-18-22-45-103(96)115(107)101-43-20-15-36-84(101)82-56-58-92-79-33-12-11-32-78(79)90-40-23-41-91(82)108(90)92/h1-66H. The molecule has 0 fully saturated rings. The summed E-state index contributed by atoms with van der Waals surface area (Å²) in [5.41, 5.74) is 35.6. The van der Waals surface area contributed by atoms with E-state index in [9.17, 15) is 0 Å². The molecule has 4 heteroatoms. The van der Waals surface area contributed by atoms with Crippen LogP contribution < -0.4 is 0 Å². The number of hydrogen-bond donors (Lipinski definition) is 0. The second-order valence-corrected chi connectivity index (χ2v) is 31.6. The number of rotatable bonds is 9. The fourth-order valence-corrected chi connectivity index (χ4v) is 20.9. The molecule has 0 saturated carbocycles. The molecule has 4 aromatic heterocycles. The molecule has 0 amide bonds. The largest absolute Gasteiger partial charge is 0.309 e. The van der Waals surface area contributed by atoms with Gasteiger partial charge in [0, 0.05) is 76.4 Å². The molecule has 2 aliphatic rings. The normalized spacial score (nSPS) is 12.3. The Morgan fingerprint density at radius 2 is 0.517 bits per heavy atom. The van der Waals surface area contributed by atoms with Gasteiger partial charge in [-0.1, -0.05) is 309 Å². The van der Waals surface area contributed by atoms with Crippen LogP contribution in [-0.4, -0.2) is 18.3 Å². The Morgan fingerprint density at radius 1 is 0.138 bits per heavy atom. The lowest BCUT2D eigenvalue weighted by Crippen LogP contribution is -1.99. The van der Waals surface area contributed by atoms with Crippen LogP contribution in [0.4, 0.5) is 0 Å². The van der Waals surface area contributed by atoms with Gasteiger partial charge in [0.25, 0.3) is 0 Å². The fourth-order valence-electron chi connectivity index (χ4n) is 20.9. The minimum atomic E-state index is 1.12. The predicted octanol–water partition coefficient (Wildman–Crippen LogP) is 30.3. The van der Waals surface area contributed by atoms with Gasteiger partial charge in [0.15, 0.2) is 0 Å². The average molecular weight is 1470 g/mol. The minimum absolute atomic E-state index is 1.12. The summed E-state index contributed by atoms with van der Waals surface area (Å²) in [6.07, 6.45) is 0. The van der Waals surface area contributed by atoms with Gasteiger partial charge in [-0.05, 0) is 212 Å². The Balaban J connectivity index is 0.737. The maximum Gasteiger partial charge on any atom is 0.0619 e. The first kappa shape index (κ1) is 63.3. The first-order chi connectivity index (χ1) is 57.6. The van der Waals surface area contributed by atoms with Crippen LogP contribution in [0.2, 0.25) is 0 Å². The van der Waals surface area contributed by atoms with E-state index < -0.39 is 0 Å².